The Morgan fingerprint density at radius 2 is 2.10 bits per heavy atom. The number of carbonyl (C=O) groups is 2. The van der Waals surface area contributed by atoms with Crippen molar-refractivity contribution >= 4 is 22.7 Å². The van der Waals surface area contributed by atoms with Gasteiger partial charge >= 0.3 is 5.97 Å². The van der Waals surface area contributed by atoms with E-state index in [0.717, 1.165) is 18.4 Å². The van der Waals surface area contributed by atoms with Gasteiger partial charge in [0.25, 0.3) is 0 Å². The molecule has 5 nitrogen and oxygen atoms in total. The maximum Gasteiger partial charge on any atom is 0.306 e. The highest BCUT2D eigenvalue weighted by Crippen LogP contribution is 2.49. The van der Waals surface area contributed by atoms with Gasteiger partial charge in [-0.3, -0.25) is 13.8 Å². The second-order valence-corrected chi connectivity index (χ2v) is 7.00. The van der Waals surface area contributed by atoms with Gasteiger partial charge in [-0.2, -0.15) is 0 Å². The Morgan fingerprint density at radius 3 is 2.67 bits per heavy atom. The molecular formula is C15H19NO4S. The van der Waals surface area contributed by atoms with Crippen molar-refractivity contribution in [1.29, 1.82) is 0 Å². The van der Waals surface area contributed by atoms with Gasteiger partial charge in [-0.05, 0) is 36.0 Å². The van der Waals surface area contributed by atoms with Crippen molar-refractivity contribution < 1.29 is 18.5 Å². The minimum Gasteiger partial charge on any atom is -0.469 e. The molecule has 1 aliphatic rings. The number of amides is 1. The summed E-state index contributed by atoms with van der Waals surface area (Å²) in [5.41, 5.74) is 6.31. The largest absolute Gasteiger partial charge is 0.469 e. The van der Waals surface area contributed by atoms with Crippen LogP contribution in [0.3, 0.4) is 0 Å². The molecule has 0 aromatic heterocycles. The van der Waals surface area contributed by atoms with Crippen LogP contribution >= 0.6 is 0 Å². The fourth-order valence-electron chi connectivity index (χ4n) is 2.32. The monoisotopic (exact) mass is 309 g/mol. The van der Waals surface area contributed by atoms with Gasteiger partial charge in [0, 0.05) is 27.9 Å². The summed E-state index contributed by atoms with van der Waals surface area (Å²) in [6.45, 7) is 0. The van der Waals surface area contributed by atoms with Crippen LogP contribution in [-0.2, 0) is 26.1 Å². The van der Waals surface area contributed by atoms with E-state index < -0.39 is 16.7 Å². The van der Waals surface area contributed by atoms with Gasteiger partial charge in [0.15, 0.2) is 0 Å². The number of ether oxygens (including phenoxy) is 1. The van der Waals surface area contributed by atoms with Crippen LogP contribution in [0.4, 0.5) is 0 Å². The van der Waals surface area contributed by atoms with Crippen LogP contribution in [0.5, 0.6) is 0 Å². The van der Waals surface area contributed by atoms with Crippen LogP contribution < -0.4 is 5.73 Å². The fraction of sp³-hybridized carbons (Fsp3) is 0.467. The molecular weight excluding hydrogens is 290 g/mol. The first kappa shape index (κ1) is 15.7. The summed E-state index contributed by atoms with van der Waals surface area (Å²) in [6, 6.07) is 6.85. The lowest BCUT2D eigenvalue weighted by Gasteiger charge is -2.13. The molecule has 114 valence electrons. The predicted octanol–water partition coefficient (Wildman–Crippen LogP) is 1.38. The summed E-state index contributed by atoms with van der Waals surface area (Å²) in [4.78, 5) is 22.5. The van der Waals surface area contributed by atoms with E-state index in [4.69, 9.17) is 5.73 Å². The van der Waals surface area contributed by atoms with Gasteiger partial charge in [0.05, 0.1) is 13.5 Å². The molecule has 21 heavy (non-hydrogen) atoms. The van der Waals surface area contributed by atoms with Crippen LogP contribution in [0, 0.1) is 5.41 Å². The zero-order valence-corrected chi connectivity index (χ0v) is 12.8. The van der Waals surface area contributed by atoms with Crippen molar-refractivity contribution in [2.75, 3.05) is 12.9 Å². The predicted molar refractivity (Wildman–Crippen MR) is 80.0 cm³/mol. The Morgan fingerprint density at radius 1 is 1.38 bits per heavy atom. The van der Waals surface area contributed by atoms with Gasteiger partial charge in [0.2, 0.25) is 5.91 Å². The number of benzene rings is 1. The molecule has 6 heteroatoms. The standard InChI is InChI=1S/C15H19NO4S/c1-20-13(17)8-15(5-6-15)10-21(19)9-11-3-2-4-12(7-11)14(16)18/h2-4,7H,5-6,8-10H2,1H3,(H2,16,18). The molecule has 1 aromatic carbocycles. The molecule has 0 saturated heterocycles. The third-order valence-electron chi connectivity index (χ3n) is 3.71. The average molecular weight is 309 g/mol. The highest BCUT2D eigenvalue weighted by atomic mass is 32.2. The molecule has 1 aliphatic carbocycles. The summed E-state index contributed by atoms with van der Waals surface area (Å²) in [5, 5.41) is 0. The molecule has 0 radical (unpaired) electrons. The van der Waals surface area contributed by atoms with Crippen LogP contribution in [-0.4, -0.2) is 28.9 Å². The first-order valence-corrected chi connectivity index (χ1v) is 8.23. The van der Waals surface area contributed by atoms with Crippen LogP contribution in [0.1, 0.15) is 35.2 Å². The molecule has 0 aliphatic heterocycles. The highest BCUT2D eigenvalue weighted by molar-refractivity contribution is 7.84. The Balaban J connectivity index is 1.94. The summed E-state index contributed by atoms with van der Waals surface area (Å²) in [5.74, 6) is 0.111. The molecule has 1 aromatic rings. The molecule has 1 amide bonds. The lowest BCUT2D eigenvalue weighted by molar-refractivity contribution is -0.141. The molecule has 1 unspecified atom stereocenters. The maximum atomic E-state index is 12.3. The number of nitrogens with two attached hydrogens (primary N) is 1. The third-order valence-corrected chi connectivity index (χ3v) is 5.30. The summed E-state index contributed by atoms with van der Waals surface area (Å²) in [6.07, 6.45) is 2.15. The summed E-state index contributed by atoms with van der Waals surface area (Å²) in [7, 11) is 0.288. The van der Waals surface area contributed by atoms with Crippen molar-refractivity contribution in [3.8, 4) is 0 Å². The summed E-state index contributed by atoms with van der Waals surface area (Å²) < 4.78 is 16.9. The average Bonchev–Trinajstić information content (AvgIpc) is 3.17. The summed E-state index contributed by atoms with van der Waals surface area (Å²) >= 11 is 0. The van der Waals surface area contributed by atoms with E-state index in [2.05, 4.69) is 4.74 Å². The molecule has 1 fully saturated rings. The molecule has 2 rings (SSSR count). The minimum absolute atomic E-state index is 0.154. The van der Waals surface area contributed by atoms with E-state index in [1.807, 2.05) is 6.07 Å². The second-order valence-electron chi connectivity index (χ2n) is 5.55. The zero-order chi connectivity index (χ0) is 15.5. The Kier molecular flexibility index (Phi) is 4.77. The van der Waals surface area contributed by atoms with Crippen molar-refractivity contribution in [2.24, 2.45) is 11.1 Å². The van der Waals surface area contributed by atoms with Gasteiger partial charge < -0.3 is 10.5 Å². The molecule has 1 atom stereocenters. The van der Waals surface area contributed by atoms with Crippen LogP contribution in [0.15, 0.2) is 24.3 Å². The number of esters is 1. The number of rotatable bonds is 7. The quantitative estimate of drug-likeness (QED) is 0.771. The smallest absolute Gasteiger partial charge is 0.306 e. The Hall–Kier alpha value is -1.69. The lowest BCUT2D eigenvalue weighted by Crippen LogP contribution is -2.18. The molecule has 2 N–H and O–H groups in total. The van der Waals surface area contributed by atoms with E-state index in [-0.39, 0.29) is 11.4 Å². The van der Waals surface area contributed by atoms with Gasteiger partial charge in [-0.15, -0.1) is 0 Å². The topological polar surface area (TPSA) is 86.5 Å². The van der Waals surface area contributed by atoms with Gasteiger partial charge in [-0.1, -0.05) is 12.1 Å². The second kappa shape index (κ2) is 6.39. The first-order valence-electron chi connectivity index (χ1n) is 6.75. The van der Waals surface area contributed by atoms with E-state index in [9.17, 15) is 13.8 Å². The third kappa shape index (κ3) is 4.39. The van der Waals surface area contributed by atoms with Crippen LogP contribution in [0.25, 0.3) is 0 Å². The van der Waals surface area contributed by atoms with Crippen molar-refractivity contribution in [3.63, 3.8) is 0 Å². The van der Waals surface area contributed by atoms with Crippen LogP contribution in [0.2, 0.25) is 0 Å². The number of methoxy groups -OCH3 is 1. The van der Waals surface area contributed by atoms with Crippen molar-refractivity contribution in [2.45, 2.75) is 25.0 Å². The molecule has 1 saturated carbocycles. The van der Waals surface area contributed by atoms with E-state index in [1.165, 1.54) is 7.11 Å². The Labute approximate surface area is 126 Å². The lowest BCUT2D eigenvalue weighted by atomic mass is 10.1. The van der Waals surface area contributed by atoms with E-state index in [0.29, 0.717) is 23.5 Å². The normalized spacial score (nSPS) is 17.0. The number of primary amides is 1. The van der Waals surface area contributed by atoms with Crippen molar-refractivity contribution in [3.05, 3.63) is 35.4 Å². The minimum atomic E-state index is -1.08. The number of hydrogen-bond acceptors (Lipinski definition) is 4. The highest BCUT2D eigenvalue weighted by Gasteiger charge is 2.45. The Bertz CT molecular complexity index is 581. The number of hydrogen-bond donors (Lipinski definition) is 1. The zero-order valence-electron chi connectivity index (χ0n) is 12.0. The molecule has 0 spiro atoms. The van der Waals surface area contributed by atoms with Gasteiger partial charge in [0.1, 0.15) is 0 Å². The first-order chi connectivity index (χ1) is 9.94. The molecule has 0 heterocycles. The van der Waals surface area contributed by atoms with E-state index in [1.54, 1.807) is 18.2 Å². The number of carbonyl (C=O) groups excluding carboxylic acids is 2. The van der Waals surface area contributed by atoms with Crippen molar-refractivity contribution in [1.82, 2.24) is 0 Å². The fourth-order valence-corrected chi connectivity index (χ4v) is 4.05. The van der Waals surface area contributed by atoms with Gasteiger partial charge in [-0.25, -0.2) is 0 Å². The SMILES string of the molecule is COC(=O)CC1(CS(=O)Cc2cccc(C(N)=O)c2)CC1. The van der Waals surface area contributed by atoms with E-state index >= 15 is 0 Å². The maximum absolute atomic E-state index is 12.3. The molecule has 0 bridgehead atoms.